The fourth-order valence-electron chi connectivity index (χ4n) is 2.40. The van der Waals surface area contributed by atoms with Gasteiger partial charge in [-0.05, 0) is 49.3 Å². The summed E-state index contributed by atoms with van der Waals surface area (Å²) in [6, 6.07) is 10.9. The molecule has 0 saturated carbocycles. The van der Waals surface area contributed by atoms with Crippen molar-refractivity contribution in [2.75, 3.05) is 0 Å². The van der Waals surface area contributed by atoms with E-state index in [1.807, 2.05) is 38.1 Å². The molecule has 0 amide bonds. The fraction of sp³-hybridized carbons (Fsp3) is 0.133. The minimum Gasteiger partial charge on any atom is -0.330 e. The highest BCUT2D eigenvalue weighted by atomic mass is 32.1. The van der Waals surface area contributed by atoms with E-state index in [2.05, 4.69) is 4.98 Å². The first-order chi connectivity index (χ1) is 9.09. The number of halogens is 1. The maximum atomic E-state index is 14.1. The summed E-state index contributed by atoms with van der Waals surface area (Å²) in [6.07, 6.45) is 0. The van der Waals surface area contributed by atoms with E-state index in [9.17, 15) is 4.39 Å². The van der Waals surface area contributed by atoms with Crippen LogP contribution in [0.15, 0.2) is 36.4 Å². The monoisotopic (exact) mass is 272 g/mol. The predicted molar refractivity (Wildman–Crippen MR) is 77.9 cm³/mol. The minimum absolute atomic E-state index is 0.265. The van der Waals surface area contributed by atoms with Gasteiger partial charge in [-0.3, -0.25) is 4.57 Å². The Morgan fingerprint density at radius 2 is 1.74 bits per heavy atom. The molecule has 19 heavy (non-hydrogen) atoms. The van der Waals surface area contributed by atoms with Crippen LogP contribution in [0.5, 0.6) is 0 Å². The summed E-state index contributed by atoms with van der Waals surface area (Å²) in [5.74, 6) is -0.265. The molecule has 1 N–H and O–H groups in total. The molecule has 0 aliphatic heterocycles. The molecule has 0 fully saturated rings. The lowest BCUT2D eigenvalue weighted by Crippen LogP contribution is -2.00. The van der Waals surface area contributed by atoms with Crippen LogP contribution in [0.4, 0.5) is 4.39 Å². The van der Waals surface area contributed by atoms with Gasteiger partial charge in [0.1, 0.15) is 5.82 Å². The standard InChI is InChI=1S/C15H13FN2S/c1-9-5-4-8-12-13(9)17-15(19)18(12)14-10(2)6-3-7-11(14)16/h3-8H,1-2H3,(H,17,19). The van der Waals surface area contributed by atoms with Gasteiger partial charge in [-0.25, -0.2) is 4.39 Å². The van der Waals surface area contributed by atoms with Crippen molar-refractivity contribution >= 4 is 23.3 Å². The summed E-state index contributed by atoms with van der Waals surface area (Å²) >= 11 is 5.35. The zero-order chi connectivity index (χ0) is 13.6. The maximum Gasteiger partial charge on any atom is 0.182 e. The molecule has 1 heterocycles. The van der Waals surface area contributed by atoms with Crippen LogP contribution < -0.4 is 0 Å². The Labute approximate surface area is 115 Å². The summed E-state index contributed by atoms with van der Waals surface area (Å²) in [7, 11) is 0. The van der Waals surface area contributed by atoms with Crippen LogP contribution in [0.3, 0.4) is 0 Å². The number of aryl methyl sites for hydroxylation is 2. The van der Waals surface area contributed by atoms with E-state index < -0.39 is 0 Å². The van der Waals surface area contributed by atoms with Crippen molar-refractivity contribution in [1.29, 1.82) is 0 Å². The number of hydrogen-bond acceptors (Lipinski definition) is 1. The fourth-order valence-corrected chi connectivity index (χ4v) is 2.69. The van der Waals surface area contributed by atoms with E-state index in [1.54, 1.807) is 10.6 Å². The molecular weight excluding hydrogens is 259 g/mol. The molecule has 1 aromatic heterocycles. The molecule has 0 spiro atoms. The second-order valence-corrected chi connectivity index (χ2v) is 5.03. The van der Waals surface area contributed by atoms with Gasteiger partial charge in [0.25, 0.3) is 0 Å². The predicted octanol–water partition coefficient (Wildman–Crippen LogP) is 4.44. The van der Waals surface area contributed by atoms with Crippen LogP contribution >= 0.6 is 12.2 Å². The van der Waals surface area contributed by atoms with Crippen molar-refractivity contribution < 1.29 is 4.39 Å². The van der Waals surface area contributed by atoms with Crippen molar-refractivity contribution in [3.8, 4) is 5.69 Å². The van der Waals surface area contributed by atoms with Gasteiger partial charge in [0.15, 0.2) is 4.77 Å². The highest BCUT2D eigenvalue weighted by Gasteiger charge is 2.13. The van der Waals surface area contributed by atoms with Gasteiger partial charge in [-0.2, -0.15) is 0 Å². The maximum absolute atomic E-state index is 14.1. The number of benzene rings is 2. The van der Waals surface area contributed by atoms with E-state index in [0.717, 1.165) is 22.2 Å². The molecular formula is C15H13FN2S. The number of fused-ring (bicyclic) bond motifs is 1. The smallest absolute Gasteiger partial charge is 0.182 e. The Kier molecular flexibility index (Phi) is 2.75. The molecule has 0 aliphatic carbocycles. The first kappa shape index (κ1) is 12.1. The number of imidazole rings is 1. The number of hydrogen-bond donors (Lipinski definition) is 1. The average molecular weight is 272 g/mol. The molecule has 0 bridgehead atoms. The number of nitrogens with one attached hydrogen (secondary N) is 1. The number of aromatic nitrogens is 2. The Balaban J connectivity index is 2.47. The zero-order valence-electron chi connectivity index (χ0n) is 10.7. The van der Waals surface area contributed by atoms with Crippen molar-refractivity contribution in [3.63, 3.8) is 0 Å². The lowest BCUT2D eigenvalue weighted by molar-refractivity contribution is 0.617. The lowest BCUT2D eigenvalue weighted by atomic mass is 10.1. The molecule has 0 unspecified atom stereocenters. The number of nitrogens with zero attached hydrogens (tertiary/aromatic N) is 1. The second kappa shape index (κ2) is 4.31. The summed E-state index contributed by atoms with van der Waals surface area (Å²) in [4.78, 5) is 3.16. The SMILES string of the molecule is Cc1cccc(F)c1-n1c(=S)[nH]c2c(C)cccc21. The Hall–Kier alpha value is -1.94. The average Bonchev–Trinajstić information content (AvgIpc) is 2.68. The molecule has 96 valence electrons. The molecule has 3 aromatic rings. The Morgan fingerprint density at radius 3 is 2.47 bits per heavy atom. The van der Waals surface area contributed by atoms with Crippen LogP contribution in [-0.2, 0) is 0 Å². The number of rotatable bonds is 1. The number of aromatic amines is 1. The van der Waals surface area contributed by atoms with E-state index in [4.69, 9.17) is 12.2 Å². The van der Waals surface area contributed by atoms with Crippen LogP contribution in [0.1, 0.15) is 11.1 Å². The van der Waals surface area contributed by atoms with Gasteiger partial charge in [-0.1, -0.05) is 24.3 Å². The number of H-pyrrole nitrogens is 1. The summed E-state index contributed by atoms with van der Waals surface area (Å²) < 4.78 is 16.4. The van der Waals surface area contributed by atoms with E-state index in [-0.39, 0.29) is 5.82 Å². The molecule has 4 heteroatoms. The second-order valence-electron chi connectivity index (χ2n) is 4.64. The van der Waals surface area contributed by atoms with Gasteiger partial charge in [0, 0.05) is 0 Å². The molecule has 0 radical (unpaired) electrons. The van der Waals surface area contributed by atoms with Crippen LogP contribution in [0.2, 0.25) is 0 Å². The highest BCUT2D eigenvalue weighted by molar-refractivity contribution is 7.71. The Bertz CT molecular complexity index is 810. The van der Waals surface area contributed by atoms with E-state index in [0.29, 0.717) is 10.5 Å². The van der Waals surface area contributed by atoms with Crippen molar-refractivity contribution in [1.82, 2.24) is 9.55 Å². The largest absolute Gasteiger partial charge is 0.330 e. The molecule has 0 aliphatic rings. The minimum atomic E-state index is -0.265. The molecule has 2 aromatic carbocycles. The van der Waals surface area contributed by atoms with Gasteiger partial charge < -0.3 is 4.98 Å². The van der Waals surface area contributed by atoms with Gasteiger partial charge in [0.05, 0.1) is 16.7 Å². The number of para-hydroxylation sites is 2. The topological polar surface area (TPSA) is 20.7 Å². The first-order valence-corrected chi connectivity index (χ1v) is 6.46. The molecule has 2 nitrogen and oxygen atoms in total. The summed E-state index contributed by atoms with van der Waals surface area (Å²) in [5, 5.41) is 0. The van der Waals surface area contributed by atoms with Crippen LogP contribution in [0, 0.1) is 24.4 Å². The quantitative estimate of drug-likeness (QED) is 0.649. The third kappa shape index (κ3) is 1.79. The third-order valence-corrected chi connectivity index (χ3v) is 3.62. The summed E-state index contributed by atoms with van der Waals surface area (Å²) in [5.41, 5.74) is 4.33. The highest BCUT2D eigenvalue weighted by Crippen LogP contribution is 2.25. The summed E-state index contributed by atoms with van der Waals surface area (Å²) in [6.45, 7) is 3.89. The van der Waals surface area contributed by atoms with Crippen molar-refractivity contribution in [2.24, 2.45) is 0 Å². The third-order valence-electron chi connectivity index (χ3n) is 3.34. The molecule has 3 rings (SSSR count). The Morgan fingerprint density at radius 1 is 1.05 bits per heavy atom. The zero-order valence-corrected chi connectivity index (χ0v) is 11.5. The van der Waals surface area contributed by atoms with Crippen LogP contribution in [-0.4, -0.2) is 9.55 Å². The molecule has 0 atom stereocenters. The van der Waals surface area contributed by atoms with Crippen molar-refractivity contribution in [2.45, 2.75) is 13.8 Å². The lowest BCUT2D eigenvalue weighted by Gasteiger charge is -2.09. The molecule has 0 saturated heterocycles. The van der Waals surface area contributed by atoms with Crippen molar-refractivity contribution in [3.05, 3.63) is 58.1 Å². The van der Waals surface area contributed by atoms with Gasteiger partial charge >= 0.3 is 0 Å². The van der Waals surface area contributed by atoms with E-state index in [1.165, 1.54) is 6.07 Å². The normalized spacial score (nSPS) is 11.1. The van der Waals surface area contributed by atoms with Gasteiger partial charge in [0.2, 0.25) is 0 Å². The van der Waals surface area contributed by atoms with Gasteiger partial charge in [-0.15, -0.1) is 0 Å². The van der Waals surface area contributed by atoms with E-state index >= 15 is 0 Å². The first-order valence-electron chi connectivity index (χ1n) is 6.05. The van der Waals surface area contributed by atoms with Crippen LogP contribution in [0.25, 0.3) is 16.7 Å².